The van der Waals surface area contributed by atoms with E-state index in [9.17, 15) is 13.5 Å². The monoisotopic (exact) mass is 287 g/mol. The van der Waals surface area contributed by atoms with E-state index < -0.39 is 15.9 Å². The van der Waals surface area contributed by atoms with Gasteiger partial charge in [-0.2, -0.15) is 5.10 Å². The third-order valence-electron chi connectivity index (χ3n) is 3.67. The average molecular weight is 287 g/mol. The quantitative estimate of drug-likeness (QED) is 0.807. The Morgan fingerprint density at radius 1 is 1.47 bits per heavy atom. The van der Waals surface area contributed by atoms with E-state index in [0.29, 0.717) is 0 Å². The molecule has 0 amide bonds. The zero-order chi connectivity index (χ0) is 14.2. The zero-order valence-corrected chi connectivity index (χ0v) is 12.3. The maximum Gasteiger partial charge on any atom is 0.154 e. The lowest BCUT2D eigenvalue weighted by molar-refractivity contribution is 0.154. The normalized spacial score (nSPS) is 29.3. The van der Waals surface area contributed by atoms with Gasteiger partial charge in [0.15, 0.2) is 9.84 Å². The van der Waals surface area contributed by atoms with Gasteiger partial charge >= 0.3 is 0 Å². The third kappa shape index (κ3) is 3.34. The molecule has 0 aromatic carbocycles. The van der Waals surface area contributed by atoms with Gasteiger partial charge in [-0.25, -0.2) is 8.42 Å². The van der Waals surface area contributed by atoms with Crippen molar-refractivity contribution in [2.75, 3.05) is 11.5 Å². The van der Waals surface area contributed by atoms with Gasteiger partial charge in [0.25, 0.3) is 0 Å². The van der Waals surface area contributed by atoms with Gasteiger partial charge in [-0.1, -0.05) is 0 Å². The Morgan fingerprint density at radius 2 is 2.16 bits per heavy atom. The minimum Gasteiger partial charge on any atom is -0.390 e. The summed E-state index contributed by atoms with van der Waals surface area (Å²) in [5.74, 6) is -0.143. The molecule has 0 bridgehead atoms. The number of rotatable bonds is 4. The predicted octanol–water partition coefficient (Wildman–Crippen LogP) is -0.111. The largest absolute Gasteiger partial charge is 0.390 e. The topological polar surface area (TPSA) is 84.2 Å². The summed E-state index contributed by atoms with van der Waals surface area (Å²) < 4.78 is 24.8. The molecule has 2 rings (SSSR count). The van der Waals surface area contributed by atoms with Crippen LogP contribution in [0.4, 0.5) is 0 Å². The van der Waals surface area contributed by atoms with Crippen molar-refractivity contribution in [3.8, 4) is 0 Å². The van der Waals surface area contributed by atoms with Crippen LogP contribution in [-0.2, 0) is 9.84 Å². The number of aliphatic hydroxyl groups is 1. The van der Waals surface area contributed by atoms with Gasteiger partial charge in [-0.05, 0) is 26.3 Å². The molecule has 0 aliphatic carbocycles. The molecule has 2 heterocycles. The van der Waals surface area contributed by atoms with E-state index in [4.69, 9.17) is 0 Å². The number of nitrogens with zero attached hydrogens (tertiary/aromatic N) is 2. The van der Waals surface area contributed by atoms with E-state index in [2.05, 4.69) is 10.4 Å². The zero-order valence-electron chi connectivity index (χ0n) is 11.4. The highest BCUT2D eigenvalue weighted by Gasteiger charge is 2.37. The minimum absolute atomic E-state index is 0.00333. The molecule has 4 atom stereocenters. The van der Waals surface area contributed by atoms with E-state index in [1.807, 2.05) is 31.6 Å². The van der Waals surface area contributed by atoms with Crippen LogP contribution in [0.5, 0.6) is 0 Å². The second-order valence-corrected chi connectivity index (χ2v) is 7.60. The fourth-order valence-electron chi connectivity index (χ4n) is 2.35. The molecule has 1 aromatic heterocycles. The second kappa shape index (κ2) is 5.22. The fraction of sp³-hybridized carbons (Fsp3) is 0.750. The van der Waals surface area contributed by atoms with Gasteiger partial charge in [0.1, 0.15) is 0 Å². The Kier molecular flexibility index (Phi) is 3.98. The SMILES string of the molecule is Cc1cnn([C@H](C)[C@H](C)N[C@@H]2CS(=O)(=O)C[C@@H]2O)c1. The Bertz CT molecular complexity index is 540. The minimum atomic E-state index is -3.11. The molecule has 1 aliphatic heterocycles. The second-order valence-electron chi connectivity index (χ2n) is 5.44. The number of aryl methyl sites for hydroxylation is 1. The summed E-state index contributed by atoms with van der Waals surface area (Å²) >= 11 is 0. The predicted molar refractivity (Wildman–Crippen MR) is 72.7 cm³/mol. The van der Waals surface area contributed by atoms with Crippen LogP contribution in [0.25, 0.3) is 0 Å². The molecule has 1 aliphatic rings. The van der Waals surface area contributed by atoms with Crippen LogP contribution in [0, 0.1) is 6.92 Å². The van der Waals surface area contributed by atoms with Crippen molar-refractivity contribution in [1.82, 2.24) is 15.1 Å². The van der Waals surface area contributed by atoms with Crippen LogP contribution < -0.4 is 5.32 Å². The smallest absolute Gasteiger partial charge is 0.154 e. The van der Waals surface area contributed by atoms with Crippen molar-refractivity contribution in [2.45, 2.75) is 45.0 Å². The molecule has 0 spiro atoms. The highest BCUT2D eigenvalue weighted by atomic mass is 32.2. The van der Waals surface area contributed by atoms with E-state index in [0.717, 1.165) is 5.56 Å². The third-order valence-corrected chi connectivity index (χ3v) is 5.39. The molecule has 7 heteroatoms. The summed E-state index contributed by atoms with van der Waals surface area (Å²) in [5.41, 5.74) is 1.09. The average Bonchev–Trinajstić information content (AvgIpc) is 2.82. The molecule has 0 saturated carbocycles. The van der Waals surface area contributed by atoms with Crippen molar-refractivity contribution < 1.29 is 13.5 Å². The molecular formula is C12H21N3O3S. The lowest BCUT2D eigenvalue weighted by Gasteiger charge is -2.26. The van der Waals surface area contributed by atoms with Crippen LogP contribution in [0.1, 0.15) is 25.5 Å². The number of hydrogen-bond acceptors (Lipinski definition) is 5. The number of aromatic nitrogens is 2. The first-order chi connectivity index (χ1) is 8.78. The van der Waals surface area contributed by atoms with Gasteiger partial charge in [0.2, 0.25) is 0 Å². The molecule has 0 radical (unpaired) electrons. The molecule has 1 aromatic rings. The van der Waals surface area contributed by atoms with E-state index >= 15 is 0 Å². The number of sulfone groups is 1. The maximum atomic E-state index is 11.5. The highest BCUT2D eigenvalue weighted by Crippen LogP contribution is 2.17. The standard InChI is InChI=1S/C12H21N3O3S/c1-8-4-13-15(5-8)10(3)9(2)14-11-6-19(17,18)7-12(11)16/h4-5,9-12,14,16H,6-7H2,1-3H3/t9-,10+,11+,12-/m0/s1. The van der Waals surface area contributed by atoms with Crippen molar-refractivity contribution in [3.63, 3.8) is 0 Å². The van der Waals surface area contributed by atoms with Crippen molar-refractivity contribution in [3.05, 3.63) is 18.0 Å². The first-order valence-corrected chi connectivity index (χ1v) is 8.26. The molecule has 0 unspecified atom stereocenters. The first-order valence-electron chi connectivity index (χ1n) is 6.44. The van der Waals surface area contributed by atoms with E-state index in [1.165, 1.54) is 0 Å². The van der Waals surface area contributed by atoms with E-state index in [-0.39, 0.29) is 29.6 Å². The summed E-state index contributed by atoms with van der Waals surface area (Å²) in [6, 6.07) is -0.282. The van der Waals surface area contributed by atoms with Gasteiger partial charge in [-0.3, -0.25) is 4.68 Å². The molecule has 2 N–H and O–H groups in total. The summed E-state index contributed by atoms with van der Waals surface area (Å²) in [7, 11) is -3.11. The van der Waals surface area contributed by atoms with Gasteiger partial charge in [-0.15, -0.1) is 0 Å². The van der Waals surface area contributed by atoms with Gasteiger partial charge in [0.05, 0.1) is 29.8 Å². The Hall–Kier alpha value is -0.920. The molecule has 1 saturated heterocycles. The first kappa shape index (κ1) is 14.5. The van der Waals surface area contributed by atoms with Crippen LogP contribution in [-0.4, -0.2) is 53.0 Å². The summed E-state index contributed by atoms with van der Waals surface area (Å²) in [6.07, 6.45) is 2.92. The lowest BCUT2D eigenvalue weighted by Crippen LogP contribution is -2.46. The van der Waals surface area contributed by atoms with Crippen LogP contribution in [0.2, 0.25) is 0 Å². The van der Waals surface area contributed by atoms with Crippen LogP contribution >= 0.6 is 0 Å². The Labute approximate surface area is 113 Å². The van der Waals surface area contributed by atoms with Crippen molar-refractivity contribution >= 4 is 9.84 Å². The number of aliphatic hydroxyl groups excluding tert-OH is 1. The van der Waals surface area contributed by atoms with E-state index in [1.54, 1.807) is 6.20 Å². The molecule has 108 valence electrons. The summed E-state index contributed by atoms with van der Waals surface area (Å²) in [6.45, 7) is 5.96. The molecule has 1 fully saturated rings. The fourth-order valence-corrected chi connectivity index (χ4v) is 4.10. The molecular weight excluding hydrogens is 266 g/mol. The van der Waals surface area contributed by atoms with Crippen LogP contribution in [0.15, 0.2) is 12.4 Å². The summed E-state index contributed by atoms with van der Waals surface area (Å²) in [5, 5.41) is 17.2. The number of nitrogens with one attached hydrogen (secondary N) is 1. The van der Waals surface area contributed by atoms with Gasteiger partial charge < -0.3 is 10.4 Å². The molecule has 6 nitrogen and oxygen atoms in total. The molecule has 19 heavy (non-hydrogen) atoms. The number of hydrogen-bond donors (Lipinski definition) is 2. The Balaban J connectivity index is 1.99. The van der Waals surface area contributed by atoms with Crippen molar-refractivity contribution in [1.29, 1.82) is 0 Å². The van der Waals surface area contributed by atoms with Crippen LogP contribution in [0.3, 0.4) is 0 Å². The van der Waals surface area contributed by atoms with Crippen molar-refractivity contribution in [2.24, 2.45) is 0 Å². The lowest BCUT2D eigenvalue weighted by atomic mass is 10.1. The Morgan fingerprint density at radius 3 is 2.63 bits per heavy atom. The maximum absolute atomic E-state index is 11.5. The summed E-state index contributed by atoms with van der Waals surface area (Å²) in [4.78, 5) is 0. The van der Waals surface area contributed by atoms with Gasteiger partial charge in [0, 0.05) is 18.3 Å². The highest BCUT2D eigenvalue weighted by molar-refractivity contribution is 7.91.